The molecule has 0 aromatic heterocycles. The molecule has 38 heavy (non-hydrogen) atoms. The number of nitrogens with zero attached hydrogens (tertiary/aromatic N) is 1. The highest BCUT2D eigenvalue weighted by molar-refractivity contribution is 5.82. The van der Waals surface area contributed by atoms with E-state index in [1.54, 1.807) is 7.11 Å². The molecule has 0 unspecified atom stereocenters. The predicted molar refractivity (Wildman–Crippen MR) is 148 cm³/mol. The lowest BCUT2D eigenvalue weighted by Crippen LogP contribution is -2.40. The van der Waals surface area contributed by atoms with Gasteiger partial charge in [-0.05, 0) is 62.4 Å². The lowest BCUT2D eigenvalue weighted by atomic mass is 10.1. The third-order valence-electron chi connectivity index (χ3n) is 7.23. The Bertz CT molecular complexity index is 1080. The first-order valence-electron chi connectivity index (χ1n) is 13.9. The number of hydrogen-bond acceptors (Lipinski definition) is 6. The first-order chi connectivity index (χ1) is 18.5. The molecule has 2 aromatic carbocycles. The summed E-state index contributed by atoms with van der Waals surface area (Å²) >= 11 is 0. The molecule has 3 N–H and O–H groups in total. The zero-order valence-electron chi connectivity index (χ0n) is 22.8. The number of nitrogens with one attached hydrogen (secondary N) is 3. The lowest BCUT2D eigenvalue weighted by Gasteiger charge is -2.23. The minimum atomic E-state index is -0.251. The normalized spacial score (nSPS) is 22.5. The zero-order valence-corrected chi connectivity index (χ0v) is 22.8. The fourth-order valence-electron chi connectivity index (χ4n) is 5.15. The summed E-state index contributed by atoms with van der Waals surface area (Å²) in [5.74, 6) is 1.40. The summed E-state index contributed by atoms with van der Waals surface area (Å²) in [7, 11) is 1.62. The van der Waals surface area contributed by atoms with E-state index in [0.717, 1.165) is 44.5 Å². The van der Waals surface area contributed by atoms with E-state index >= 15 is 0 Å². The van der Waals surface area contributed by atoms with Crippen molar-refractivity contribution in [2.75, 3.05) is 39.8 Å². The maximum atomic E-state index is 12.7. The Hall–Kier alpha value is -3.10. The quantitative estimate of drug-likeness (QED) is 0.574. The smallest absolute Gasteiger partial charge is 0.237 e. The molecule has 2 aromatic rings. The molecule has 206 valence electrons. The van der Waals surface area contributed by atoms with E-state index in [1.807, 2.05) is 18.2 Å². The van der Waals surface area contributed by atoms with Crippen LogP contribution in [0.2, 0.25) is 0 Å². The van der Waals surface area contributed by atoms with Gasteiger partial charge in [-0.2, -0.15) is 0 Å². The number of carbonyl (C=O) groups is 2. The van der Waals surface area contributed by atoms with Gasteiger partial charge >= 0.3 is 0 Å². The molecule has 2 amide bonds. The van der Waals surface area contributed by atoms with Crippen LogP contribution in [0, 0.1) is 6.92 Å². The molecule has 0 aliphatic carbocycles. The van der Waals surface area contributed by atoms with Crippen LogP contribution in [0.1, 0.15) is 48.8 Å². The maximum absolute atomic E-state index is 12.7. The number of hydrogen-bond donors (Lipinski definition) is 3. The molecule has 3 heterocycles. The molecule has 4 bridgehead atoms. The summed E-state index contributed by atoms with van der Waals surface area (Å²) in [5.41, 5.74) is 3.59. The number of methoxy groups -OCH3 is 1. The van der Waals surface area contributed by atoms with Crippen molar-refractivity contribution in [1.82, 2.24) is 20.9 Å². The minimum Gasteiger partial charge on any atom is -0.493 e. The van der Waals surface area contributed by atoms with Crippen LogP contribution in [-0.4, -0.2) is 68.7 Å². The molecule has 8 nitrogen and oxygen atoms in total. The molecular formula is C30H42N4O4. The van der Waals surface area contributed by atoms with Crippen molar-refractivity contribution < 1.29 is 19.1 Å². The van der Waals surface area contributed by atoms with E-state index in [-0.39, 0.29) is 24.0 Å². The average Bonchev–Trinajstić information content (AvgIpc) is 3.38. The van der Waals surface area contributed by atoms with Crippen molar-refractivity contribution >= 4 is 11.8 Å². The van der Waals surface area contributed by atoms with Gasteiger partial charge in [0.05, 0.1) is 13.2 Å². The Labute approximate surface area is 226 Å². The van der Waals surface area contributed by atoms with Gasteiger partial charge in [0, 0.05) is 45.6 Å². The summed E-state index contributed by atoms with van der Waals surface area (Å²) in [4.78, 5) is 27.7. The van der Waals surface area contributed by atoms with E-state index < -0.39 is 0 Å². The molecule has 0 radical (unpaired) electrons. The van der Waals surface area contributed by atoms with E-state index in [0.29, 0.717) is 50.4 Å². The largest absolute Gasteiger partial charge is 0.493 e. The molecule has 5 rings (SSSR count). The van der Waals surface area contributed by atoms with Crippen molar-refractivity contribution in [2.45, 2.75) is 64.1 Å². The summed E-state index contributed by atoms with van der Waals surface area (Å²) in [5, 5.41) is 9.47. The first-order valence-corrected chi connectivity index (χ1v) is 13.9. The van der Waals surface area contributed by atoms with Gasteiger partial charge in [-0.3, -0.25) is 14.5 Å². The van der Waals surface area contributed by atoms with Gasteiger partial charge in [-0.1, -0.05) is 35.9 Å². The molecule has 0 spiro atoms. The second-order valence-corrected chi connectivity index (χ2v) is 10.4. The number of carbonyl (C=O) groups excluding carboxylic acids is 2. The Morgan fingerprint density at radius 2 is 1.84 bits per heavy atom. The lowest BCUT2D eigenvalue weighted by molar-refractivity contribution is -0.123. The van der Waals surface area contributed by atoms with Crippen molar-refractivity contribution in [3.63, 3.8) is 0 Å². The third kappa shape index (κ3) is 8.46. The Morgan fingerprint density at radius 3 is 2.68 bits per heavy atom. The van der Waals surface area contributed by atoms with Crippen LogP contribution in [0.4, 0.5) is 0 Å². The summed E-state index contributed by atoms with van der Waals surface area (Å²) in [6, 6.07) is 14.2. The van der Waals surface area contributed by atoms with Crippen LogP contribution >= 0.6 is 0 Å². The number of ether oxygens (including phenoxy) is 2. The van der Waals surface area contributed by atoms with Gasteiger partial charge in [0.1, 0.15) is 6.10 Å². The molecule has 0 saturated carbocycles. The first kappa shape index (κ1) is 27.9. The second-order valence-electron chi connectivity index (χ2n) is 10.4. The summed E-state index contributed by atoms with van der Waals surface area (Å²) in [6.07, 6.45) is 4.38. The van der Waals surface area contributed by atoms with Gasteiger partial charge in [0.15, 0.2) is 11.5 Å². The van der Waals surface area contributed by atoms with E-state index in [4.69, 9.17) is 9.47 Å². The third-order valence-corrected chi connectivity index (χ3v) is 7.23. The highest BCUT2D eigenvalue weighted by atomic mass is 16.5. The van der Waals surface area contributed by atoms with Crippen LogP contribution in [0.15, 0.2) is 42.5 Å². The zero-order chi connectivity index (χ0) is 26.7. The van der Waals surface area contributed by atoms with Crippen LogP contribution in [0.3, 0.4) is 0 Å². The molecule has 3 aliphatic rings. The number of benzene rings is 2. The van der Waals surface area contributed by atoms with Gasteiger partial charge < -0.3 is 25.4 Å². The fraction of sp³-hybridized carbons (Fsp3) is 0.533. The van der Waals surface area contributed by atoms with Crippen molar-refractivity contribution in [2.24, 2.45) is 0 Å². The second kappa shape index (κ2) is 14.2. The van der Waals surface area contributed by atoms with E-state index in [2.05, 4.69) is 52.0 Å². The molecular weight excluding hydrogens is 480 g/mol. The van der Waals surface area contributed by atoms with Gasteiger partial charge in [0.2, 0.25) is 11.8 Å². The number of fused-ring (bicyclic) bond motifs is 15. The molecule has 2 atom stereocenters. The van der Waals surface area contributed by atoms with Crippen LogP contribution in [0.25, 0.3) is 0 Å². The van der Waals surface area contributed by atoms with Gasteiger partial charge in [-0.25, -0.2) is 0 Å². The Balaban J connectivity index is 1.40. The molecule has 1 fully saturated rings. The number of aryl methyl sites for hydroxylation is 2. The van der Waals surface area contributed by atoms with Gasteiger partial charge in [0.25, 0.3) is 0 Å². The van der Waals surface area contributed by atoms with Crippen molar-refractivity contribution in [1.29, 1.82) is 0 Å². The van der Waals surface area contributed by atoms with Crippen molar-refractivity contribution in [3.05, 3.63) is 59.2 Å². The van der Waals surface area contributed by atoms with E-state index in [1.165, 1.54) is 11.1 Å². The van der Waals surface area contributed by atoms with Crippen LogP contribution < -0.4 is 25.4 Å². The minimum absolute atomic E-state index is 0.0351. The summed E-state index contributed by atoms with van der Waals surface area (Å²) < 4.78 is 11.7. The monoisotopic (exact) mass is 522 g/mol. The van der Waals surface area contributed by atoms with E-state index in [9.17, 15) is 9.59 Å². The molecule has 8 heteroatoms. The number of amides is 2. The molecule has 1 saturated heterocycles. The maximum Gasteiger partial charge on any atom is 0.237 e. The fourth-order valence-corrected chi connectivity index (χ4v) is 5.15. The predicted octanol–water partition coefficient (Wildman–Crippen LogP) is 2.96. The Kier molecular flexibility index (Phi) is 10.4. The molecule has 3 aliphatic heterocycles. The highest BCUT2D eigenvalue weighted by Gasteiger charge is 2.31. The van der Waals surface area contributed by atoms with Gasteiger partial charge in [-0.15, -0.1) is 0 Å². The number of rotatable bonds is 3. The topological polar surface area (TPSA) is 91.9 Å². The average molecular weight is 523 g/mol. The SMILES string of the molecule is COc1cc2ccc1O[C@@H]1CN[C@@H](C1)C(=O)NCCCCN(Cc1cccc(C)c1)CCCNC(=O)CC2. The summed E-state index contributed by atoms with van der Waals surface area (Å²) in [6.45, 7) is 6.79. The Morgan fingerprint density at radius 1 is 1.00 bits per heavy atom. The van der Waals surface area contributed by atoms with Crippen LogP contribution in [-0.2, 0) is 22.6 Å². The van der Waals surface area contributed by atoms with Crippen molar-refractivity contribution in [3.8, 4) is 11.5 Å². The van der Waals surface area contributed by atoms with Crippen LogP contribution in [0.5, 0.6) is 11.5 Å². The highest BCUT2D eigenvalue weighted by Crippen LogP contribution is 2.30. The standard InChI is InChI=1S/C30H42N4O4/c1-22-7-5-8-24(17-22)21-34-15-4-3-13-32-30(36)26-19-25(20-33-26)38-27-11-9-23(18-28(27)37-2)10-12-29(35)31-14-6-16-34/h5,7-9,11,17-18,25-26,33H,3-4,6,10,12-16,19-21H2,1-2H3,(H,31,35)(H,32,36)/t25-,26-/m0/s1.